The molecule has 0 fully saturated rings. The van der Waals surface area contributed by atoms with E-state index < -0.39 is 0 Å². The van der Waals surface area contributed by atoms with Crippen LogP contribution in [0, 0.1) is 5.41 Å². The molecule has 21 heavy (non-hydrogen) atoms. The lowest BCUT2D eigenvalue weighted by molar-refractivity contribution is -0.0190. The highest BCUT2D eigenvalue weighted by Gasteiger charge is 2.30. The lowest BCUT2D eigenvalue weighted by Crippen LogP contribution is -2.24. The summed E-state index contributed by atoms with van der Waals surface area (Å²) in [5, 5.41) is 0. The second-order valence-electron chi connectivity index (χ2n) is 5.94. The molecule has 2 rings (SSSR count). The number of nitrogens with two attached hydrogens (primary N) is 1. The first-order valence-electron chi connectivity index (χ1n) is 7.10. The topological polar surface area (TPSA) is 73.9 Å². The van der Waals surface area contributed by atoms with Gasteiger partial charge in [0.05, 0.1) is 0 Å². The van der Waals surface area contributed by atoms with Gasteiger partial charge in [0.15, 0.2) is 11.6 Å². The summed E-state index contributed by atoms with van der Waals surface area (Å²) < 4.78 is 5.83. The maximum absolute atomic E-state index is 5.86. The Labute approximate surface area is 125 Å². The molecule has 1 aromatic carbocycles. The number of hydrogen-bond donors (Lipinski definition) is 1. The number of ether oxygens (including phenoxy) is 1. The van der Waals surface area contributed by atoms with Crippen LogP contribution in [0.1, 0.15) is 39.6 Å². The summed E-state index contributed by atoms with van der Waals surface area (Å²) in [6.45, 7) is 8.83. The van der Waals surface area contributed by atoms with Crippen LogP contribution in [0.5, 0.6) is 0 Å². The lowest BCUT2D eigenvalue weighted by Gasteiger charge is -2.29. The molecule has 0 saturated carbocycles. The molecule has 2 N–H and O–H groups in total. The largest absolute Gasteiger partial charge is 0.370 e. The summed E-state index contributed by atoms with van der Waals surface area (Å²) in [6, 6.07) is 9.74. The van der Waals surface area contributed by atoms with Crippen molar-refractivity contribution in [1.29, 1.82) is 0 Å². The molecule has 0 saturated heterocycles. The molecule has 112 valence electrons. The van der Waals surface area contributed by atoms with E-state index in [4.69, 9.17) is 10.5 Å². The Balaban J connectivity index is 2.47. The number of hydrogen-bond acceptors (Lipinski definition) is 5. The van der Waals surface area contributed by atoms with Gasteiger partial charge in [-0.1, -0.05) is 51.1 Å². The summed E-state index contributed by atoms with van der Waals surface area (Å²) in [4.78, 5) is 13.1. The van der Waals surface area contributed by atoms with Gasteiger partial charge >= 0.3 is 0 Å². The molecule has 0 aliphatic rings. The molecule has 0 amide bonds. The summed E-state index contributed by atoms with van der Waals surface area (Å²) in [6.07, 6.45) is -0.227. The Hall–Kier alpha value is -2.01. The van der Waals surface area contributed by atoms with Crippen LogP contribution >= 0.6 is 0 Å². The van der Waals surface area contributed by atoms with Crippen molar-refractivity contribution in [2.24, 2.45) is 5.41 Å². The van der Waals surface area contributed by atoms with E-state index >= 15 is 0 Å². The third-order valence-corrected chi connectivity index (χ3v) is 3.06. The first-order valence-corrected chi connectivity index (χ1v) is 7.10. The van der Waals surface area contributed by atoms with Crippen LogP contribution in [0.4, 0.5) is 5.95 Å². The van der Waals surface area contributed by atoms with Crippen LogP contribution in [-0.4, -0.2) is 21.6 Å². The number of benzene rings is 1. The van der Waals surface area contributed by atoms with Crippen molar-refractivity contribution in [2.75, 3.05) is 12.3 Å². The van der Waals surface area contributed by atoms with Crippen molar-refractivity contribution < 1.29 is 4.74 Å². The Bertz CT molecular complexity index is 593. The molecule has 0 radical (unpaired) electrons. The van der Waals surface area contributed by atoms with Gasteiger partial charge in [-0.25, -0.2) is 4.98 Å². The molecule has 0 spiro atoms. The molecule has 0 aliphatic carbocycles. The molecule has 1 heterocycles. The van der Waals surface area contributed by atoms with Gasteiger partial charge in [0.1, 0.15) is 6.10 Å². The Kier molecular flexibility index (Phi) is 4.53. The minimum absolute atomic E-state index is 0.127. The first-order chi connectivity index (χ1) is 9.91. The molecule has 5 heteroatoms. The highest BCUT2D eigenvalue weighted by Crippen LogP contribution is 2.34. The standard InChI is InChI=1S/C16H22N4O/c1-5-21-12(16(2,3)4)14-18-13(19-15(17)20-14)11-9-7-6-8-10-11/h6-10,12H,5H2,1-4H3,(H2,17,18,19,20). The highest BCUT2D eigenvalue weighted by atomic mass is 16.5. The zero-order chi connectivity index (χ0) is 15.5. The summed E-state index contributed by atoms with van der Waals surface area (Å²) >= 11 is 0. The molecule has 0 aliphatic heterocycles. The quantitative estimate of drug-likeness (QED) is 0.934. The molecule has 5 nitrogen and oxygen atoms in total. The van der Waals surface area contributed by atoms with Crippen molar-refractivity contribution in [3.8, 4) is 11.4 Å². The fourth-order valence-corrected chi connectivity index (χ4v) is 2.12. The second-order valence-corrected chi connectivity index (χ2v) is 5.94. The second kappa shape index (κ2) is 6.18. The molecule has 2 aromatic rings. The van der Waals surface area contributed by atoms with Crippen molar-refractivity contribution in [3.05, 3.63) is 36.2 Å². The van der Waals surface area contributed by atoms with Gasteiger partial charge in [0, 0.05) is 12.2 Å². The van der Waals surface area contributed by atoms with Crippen molar-refractivity contribution in [1.82, 2.24) is 15.0 Å². The lowest BCUT2D eigenvalue weighted by atomic mass is 9.88. The normalized spacial score (nSPS) is 13.1. The fourth-order valence-electron chi connectivity index (χ4n) is 2.12. The number of aromatic nitrogens is 3. The van der Waals surface area contributed by atoms with Gasteiger partial charge in [0.25, 0.3) is 0 Å². The number of rotatable bonds is 4. The van der Waals surface area contributed by atoms with Crippen molar-refractivity contribution in [3.63, 3.8) is 0 Å². The number of anilines is 1. The molecule has 1 unspecified atom stereocenters. The predicted molar refractivity (Wildman–Crippen MR) is 83.5 cm³/mol. The zero-order valence-corrected chi connectivity index (χ0v) is 13.0. The number of nitrogen functional groups attached to an aromatic ring is 1. The summed E-state index contributed by atoms with van der Waals surface area (Å²) in [5.41, 5.74) is 6.64. The average molecular weight is 286 g/mol. The van der Waals surface area contributed by atoms with E-state index in [1.54, 1.807) is 0 Å². The fraction of sp³-hybridized carbons (Fsp3) is 0.438. The zero-order valence-electron chi connectivity index (χ0n) is 13.0. The molecule has 0 bridgehead atoms. The van der Waals surface area contributed by atoms with E-state index in [2.05, 4.69) is 35.7 Å². The van der Waals surface area contributed by atoms with E-state index in [9.17, 15) is 0 Å². The molecule has 1 aromatic heterocycles. The predicted octanol–water partition coefficient (Wildman–Crippen LogP) is 3.24. The van der Waals surface area contributed by atoms with Crippen LogP contribution < -0.4 is 5.73 Å². The van der Waals surface area contributed by atoms with Gasteiger partial charge in [-0.3, -0.25) is 0 Å². The van der Waals surface area contributed by atoms with Crippen LogP contribution in [0.15, 0.2) is 30.3 Å². The monoisotopic (exact) mass is 286 g/mol. The van der Waals surface area contributed by atoms with Crippen LogP contribution in [0.2, 0.25) is 0 Å². The van der Waals surface area contributed by atoms with Gasteiger partial charge < -0.3 is 10.5 Å². The van der Waals surface area contributed by atoms with Gasteiger partial charge in [-0.2, -0.15) is 9.97 Å². The smallest absolute Gasteiger partial charge is 0.223 e. The van der Waals surface area contributed by atoms with Crippen molar-refractivity contribution >= 4 is 5.95 Å². The van der Waals surface area contributed by atoms with Gasteiger partial charge in [-0.05, 0) is 12.3 Å². The maximum Gasteiger partial charge on any atom is 0.223 e. The van der Waals surface area contributed by atoms with Crippen LogP contribution in [-0.2, 0) is 4.74 Å². The molecule has 1 atom stereocenters. The number of nitrogens with zero attached hydrogens (tertiary/aromatic N) is 3. The SMILES string of the molecule is CCOC(c1nc(N)nc(-c2ccccc2)n1)C(C)(C)C. The van der Waals surface area contributed by atoms with Gasteiger partial charge in [0.2, 0.25) is 5.95 Å². The Morgan fingerprint density at radius 2 is 1.76 bits per heavy atom. The average Bonchev–Trinajstić information content (AvgIpc) is 2.44. The minimum Gasteiger partial charge on any atom is -0.370 e. The third kappa shape index (κ3) is 3.76. The van der Waals surface area contributed by atoms with E-state index in [1.807, 2.05) is 37.3 Å². The molecular formula is C16H22N4O. The third-order valence-electron chi connectivity index (χ3n) is 3.06. The van der Waals surface area contributed by atoms with E-state index in [0.717, 1.165) is 5.56 Å². The van der Waals surface area contributed by atoms with Gasteiger partial charge in [-0.15, -0.1) is 0 Å². The first kappa shape index (κ1) is 15.4. The van der Waals surface area contributed by atoms with E-state index in [1.165, 1.54) is 0 Å². The minimum atomic E-state index is -0.227. The maximum atomic E-state index is 5.86. The van der Waals surface area contributed by atoms with E-state index in [0.29, 0.717) is 18.3 Å². The van der Waals surface area contributed by atoms with Crippen LogP contribution in [0.3, 0.4) is 0 Å². The summed E-state index contributed by atoms with van der Waals surface area (Å²) in [5.74, 6) is 1.37. The summed E-state index contributed by atoms with van der Waals surface area (Å²) in [7, 11) is 0. The Morgan fingerprint density at radius 3 is 2.33 bits per heavy atom. The Morgan fingerprint density at radius 1 is 1.10 bits per heavy atom. The highest BCUT2D eigenvalue weighted by molar-refractivity contribution is 5.55. The van der Waals surface area contributed by atoms with E-state index in [-0.39, 0.29) is 17.5 Å². The van der Waals surface area contributed by atoms with Crippen molar-refractivity contribution in [2.45, 2.75) is 33.8 Å². The molecular weight excluding hydrogens is 264 g/mol. The van der Waals surface area contributed by atoms with Crippen LogP contribution in [0.25, 0.3) is 11.4 Å².